The van der Waals surface area contributed by atoms with Crippen LogP contribution in [-0.2, 0) is 0 Å². The fraction of sp³-hybridized carbons (Fsp3) is 0.667. The molecule has 0 fully saturated rings. The van der Waals surface area contributed by atoms with Crippen LogP contribution in [0.2, 0.25) is 0 Å². The van der Waals surface area contributed by atoms with Crippen molar-refractivity contribution in [3.05, 3.63) is 6.20 Å². The maximum atomic E-state index is 5.68. The molecule has 2 aromatic rings. The number of nitrogens with zero attached hydrogens (tertiary/aromatic N) is 3. The van der Waals surface area contributed by atoms with Crippen LogP contribution < -0.4 is 11.1 Å². The summed E-state index contributed by atoms with van der Waals surface area (Å²) in [6.07, 6.45) is 12.2. The van der Waals surface area contributed by atoms with Crippen LogP contribution >= 0.6 is 0 Å². The van der Waals surface area contributed by atoms with E-state index in [9.17, 15) is 0 Å². The summed E-state index contributed by atoms with van der Waals surface area (Å²) in [6, 6.07) is 0. The van der Waals surface area contributed by atoms with Gasteiger partial charge in [-0.05, 0) is 6.42 Å². The predicted molar refractivity (Wildman–Crippen MR) is 87.2 cm³/mol. The van der Waals surface area contributed by atoms with E-state index < -0.39 is 0 Å². The minimum atomic E-state index is 0.269. The summed E-state index contributed by atoms with van der Waals surface area (Å²) < 4.78 is 0. The molecule has 0 atom stereocenters. The van der Waals surface area contributed by atoms with E-state index in [0.717, 1.165) is 24.2 Å². The zero-order chi connectivity index (χ0) is 14.9. The highest BCUT2D eigenvalue weighted by Crippen LogP contribution is 2.18. The molecule has 116 valence electrons. The Kier molecular flexibility index (Phi) is 6.24. The Morgan fingerprint density at radius 3 is 2.52 bits per heavy atom. The molecule has 0 radical (unpaired) electrons. The van der Waals surface area contributed by atoms with E-state index in [1.165, 1.54) is 44.9 Å². The fourth-order valence-corrected chi connectivity index (χ4v) is 2.45. The molecule has 2 aromatic heterocycles. The number of nitrogens with one attached hydrogen (secondary N) is 2. The molecule has 0 spiro atoms. The molecule has 6 heteroatoms. The summed E-state index contributed by atoms with van der Waals surface area (Å²) in [5.74, 6) is 1.04. The molecule has 0 amide bonds. The van der Waals surface area contributed by atoms with Gasteiger partial charge in [-0.2, -0.15) is 15.1 Å². The first-order chi connectivity index (χ1) is 10.3. The summed E-state index contributed by atoms with van der Waals surface area (Å²) in [7, 11) is 0. The zero-order valence-electron chi connectivity index (χ0n) is 12.9. The summed E-state index contributed by atoms with van der Waals surface area (Å²) in [4.78, 5) is 8.33. The molecule has 6 nitrogen and oxygen atoms in total. The Bertz CT molecular complexity index is 536. The minimum absolute atomic E-state index is 0.269. The molecular formula is C15H26N6. The fourth-order valence-electron chi connectivity index (χ4n) is 2.45. The van der Waals surface area contributed by atoms with Crippen LogP contribution in [0.15, 0.2) is 6.20 Å². The molecule has 0 saturated carbocycles. The lowest BCUT2D eigenvalue weighted by Crippen LogP contribution is -2.06. The van der Waals surface area contributed by atoms with Crippen molar-refractivity contribution in [1.29, 1.82) is 0 Å². The third-order valence-electron chi connectivity index (χ3n) is 3.65. The minimum Gasteiger partial charge on any atom is -0.369 e. The Labute approximate surface area is 125 Å². The summed E-state index contributed by atoms with van der Waals surface area (Å²) in [6.45, 7) is 3.16. The number of nitrogens with two attached hydrogens (primary N) is 1. The van der Waals surface area contributed by atoms with Crippen LogP contribution in [0.1, 0.15) is 58.3 Å². The van der Waals surface area contributed by atoms with Crippen LogP contribution in [0.4, 0.5) is 11.8 Å². The monoisotopic (exact) mass is 290 g/mol. The van der Waals surface area contributed by atoms with Crippen molar-refractivity contribution in [2.24, 2.45) is 0 Å². The lowest BCUT2D eigenvalue weighted by atomic mass is 10.1. The second-order valence-electron chi connectivity index (χ2n) is 5.46. The van der Waals surface area contributed by atoms with Gasteiger partial charge in [-0.25, -0.2) is 0 Å². The lowest BCUT2D eigenvalue weighted by molar-refractivity contribution is 0.581. The van der Waals surface area contributed by atoms with Gasteiger partial charge in [-0.3, -0.25) is 5.10 Å². The van der Waals surface area contributed by atoms with Crippen LogP contribution in [0.5, 0.6) is 0 Å². The van der Waals surface area contributed by atoms with Gasteiger partial charge >= 0.3 is 0 Å². The molecule has 0 aromatic carbocycles. The van der Waals surface area contributed by atoms with Crippen molar-refractivity contribution in [3.8, 4) is 0 Å². The number of hydrogen-bond donors (Lipinski definition) is 3. The number of rotatable bonds is 10. The summed E-state index contributed by atoms with van der Waals surface area (Å²) >= 11 is 0. The second kappa shape index (κ2) is 8.44. The molecule has 0 unspecified atom stereocenters. The number of anilines is 2. The Morgan fingerprint density at radius 1 is 1.05 bits per heavy atom. The van der Waals surface area contributed by atoms with Crippen molar-refractivity contribution in [2.75, 3.05) is 17.6 Å². The van der Waals surface area contributed by atoms with Gasteiger partial charge in [-0.1, -0.05) is 51.9 Å². The van der Waals surface area contributed by atoms with Gasteiger partial charge in [0.1, 0.15) is 5.82 Å². The van der Waals surface area contributed by atoms with E-state index in [-0.39, 0.29) is 5.95 Å². The van der Waals surface area contributed by atoms with Crippen molar-refractivity contribution in [2.45, 2.75) is 58.3 Å². The molecule has 0 aliphatic heterocycles. The molecule has 2 heterocycles. The zero-order valence-corrected chi connectivity index (χ0v) is 12.9. The van der Waals surface area contributed by atoms with Gasteiger partial charge in [-0.15, -0.1) is 0 Å². The third kappa shape index (κ3) is 4.88. The first-order valence-electron chi connectivity index (χ1n) is 8.01. The SMILES string of the molecule is CCCCCCCCCCNc1nc(N)nc2[nH]ncc12. The number of nitrogen functional groups attached to an aromatic ring is 1. The average Bonchev–Trinajstić information content (AvgIpc) is 2.93. The van der Waals surface area contributed by atoms with Crippen LogP contribution in [0.25, 0.3) is 11.0 Å². The van der Waals surface area contributed by atoms with E-state index in [4.69, 9.17) is 5.73 Å². The van der Waals surface area contributed by atoms with Crippen LogP contribution in [0, 0.1) is 0 Å². The van der Waals surface area contributed by atoms with Gasteiger partial charge in [0.25, 0.3) is 0 Å². The molecule has 0 aliphatic rings. The summed E-state index contributed by atoms with van der Waals surface area (Å²) in [5, 5.41) is 11.0. The van der Waals surface area contributed by atoms with Gasteiger partial charge in [0.2, 0.25) is 5.95 Å². The smallest absolute Gasteiger partial charge is 0.224 e. The second-order valence-corrected chi connectivity index (χ2v) is 5.46. The van der Waals surface area contributed by atoms with Gasteiger partial charge in [0.15, 0.2) is 5.65 Å². The molecular weight excluding hydrogens is 264 g/mol. The van der Waals surface area contributed by atoms with Crippen molar-refractivity contribution in [3.63, 3.8) is 0 Å². The van der Waals surface area contributed by atoms with E-state index in [2.05, 4.69) is 32.4 Å². The number of hydrogen-bond acceptors (Lipinski definition) is 5. The van der Waals surface area contributed by atoms with Crippen LogP contribution in [-0.4, -0.2) is 26.7 Å². The van der Waals surface area contributed by atoms with Crippen molar-refractivity contribution in [1.82, 2.24) is 20.2 Å². The van der Waals surface area contributed by atoms with E-state index in [1.54, 1.807) is 6.20 Å². The normalized spacial score (nSPS) is 11.1. The molecule has 21 heavy (non-hydrogen) atoms. The number of unbranched alkanes of at least 4 members (excludes halogenated alkanes) is 7. The standard InChI is InChI=1S/C15H26N6/c1-2-3-4-5-6-7-8-9-10-17-13-12-11-18-21-14(12)20-15(16)19-13/h11H,2-10H2,1H3,(H4,16,17,18,19,20,21). The number of aromatic nitrogens is 4. The number of H-pyrrole nitrogens is 1. The first kappa shape index (κ1) is 15.5. The topological polar surface area (TPSA) is 92.5 Å². The molecule has 0 saturated heterocycles. The van der Waals surface area contributed by atoms with E-state index in [1.807, 2.05) is 0 Å². The Morgan fingerprint density at radius 2 is 1.76 bits per heavy atom. The molecule has 2 rings (SSSR count). The highest BCUT2D eigenvalue weighted by atomic mass is 15.2. The molecule has 4 N–H and O–H groups in total. The summed E-state index contributed by atoms with van der Waals surface area (Å²) in [5.41, 5.74) is 6.37. The van der Waals surface area contributed by atoms with Crippen LogP contribution in [0.3, 0.4) is 0 Å². The molecule has 0 bridgehead atoms. The lowest BCUT2D eigenvalue weighted by Gasteiger charge is -2.07. The van der Waals surface area contributed by atoms with Crippen molar-refractivity contribution >= 4 is 22.8 Å². The largest absolute Gasteiger partial charge is 0.369 e. The molecule has 0 aliphatic carbocycles. The first-order valence-corrected chi connectivity index (χ1v) is 8.01. The maximum absolute atomic E-state index is 5.68. The third-order valence-corrected chi connectivity index (χ3v) is 3.65. The quantitative estimate of drug-likeness (QED) is 0.582. The maximum Gasteiger partial charge on any atom is 0.224 e. The Hall–Kier alpha value is -1.85. The van der Waals surface area contributed by atoms with Gasteiger partial charge in [0.05, 0.1) is 11.6 Å². The predicted octanol–water partition coefficient (Wildman–Crippen LogP) is 3.49. The number of fused-ring (bicyclic) bond motifs is 1. The van der Waals surface area contributed by atoms with Gasteiger partial charge in [0, 0.05) is 6.54 Å². The van der Waals surface area contributed by atoms with E-state index in [0.29, 0.717) is 5.65 Å². The van der Waals surface area contributed by atoms with Crippen molar-refractivity contribution < 1.29 is 0 Å². The van der Waals surface area contributed by atoms with Gasteiger partial charge < -0.3 is 11.1 Å². The Balaban J connectivity index is 1.65. The highest BCUT2D eigenvalue weighted by molar-refractivity contribution is 5.86. The number of aromatic amines is 1. The average molecular weight is 290 g/mol. The highest BCUT2D eigenvalue weighted by Gasteiger charge is 2.06. The van der Waals surface area contributed by atoms with E-state index >= 15 is 0 Å².